The predicted octanol–water partition coefficient (Wildman–Crippen LogP) is 3.05. The van der Waals surface area contributed by atoms with Gasteiger partial charge in [0.25, 0.3) is 0 Å². The zero-order chi connectivity index (χ0) is 12.4. The summed E-state index contributed by atoms with van der Waals surface area (Å²) in [5.41, 5.74) is -0.523. The van der Waals surface area contributed by atoms with Crippen molar-refractivity contribution in [3.05, 3.63) is 39.1 Å². The van der Waals surface area contributed by atoms with Gasteiger partial charge in [-0.2, -0.15) is 4.39 Å². The van der Waals surface area contributed by atoms with Gasteiger partial charge in [0.2, 0.25) is 5.82 Å². The molecule has 1 aromatic heterocycles. The van der Waals surface area contributed by atoms with Crippen LogP contribution in [0.2, 0.25) is 0 Å². The maximum absolute atomic E-state index is 13.3. The molecule has 0 saturated carbocycles. The van der Waals surface area contributed by atoms with Crippen LogP contribution in [0.15, 0.2) is 27.4 Å². The van der Waals surface area contributed by atoms with Gasteiger partial charge in [-0.15, -0.1) is 10.2 Å². The summed E-state index contributed by atoms with van der Waals surface area (Å²) in [5, 5.41) is 19.1. The molecule has 0 unspecified atom stereocenters. The molecule has 8 heteroatoms. The summed E-state index contributed by atoms with van der Waals surface area (Å²) in [6.07, 6.45) is 0. The van der Waals surface area contributed by atoms with E-state index in [9.17, 15) is 14.5 Å². The van der Waals surface area contributed by atoms with Crippen molar-refractivity contribution in [2.24, 2.45) is 0 Å². The van der Waals surface area contributed by atoms with Crippen LogP contribution in [0, 0.1) is 22.9 Å². The van der Waals surface area contributed by atoms with Crippen LogP contribution >= 0.6 is 23.1 Å². The van der Waals surface area contributed by atoms with Gasteiger partial charge in [0, 0.05) is 0 Å². The number of para-hydroxylation sites is 1. The van der Waals surface area contributed by atoms with Crippen molar-refractivity contribution < 1.29 is 9.31 Å². The summed E-state index contributed by atoms with van der Waals surface area (Å²) in [4.78, 5) is 10.3. The first-order chi connectivity index (χ1) is 8.08. The van der Waals surface area contributed by atoms with Crippen LogP contribution in [-0.2, 0) is 0 Å². The quantitative estimate of drug-likeness (QED) is 0.634. The van der Waals surface area contributed by atoms with E-state index in [1.54, 1.807) is 6.92 Å². The van der Waals surface area contributed by atoms with Crippen LogP contribution in [0.1, 0.15) is 5.01 Å². The standard InChI is InChI=1S/C9H6FN3O2S2/c1-5-11-12-9(16-5)17-7-4-2-3-6(10)8(7)13(14)15/h2-4H,1H3. The molecule has 0 spiro atoms. The number of rotatable bonds is 3. The van der Waals surface area contributed by atoms with Gasteiger partial charge < -0.3 is 0 Å². The zero-order valence-corrected chi connectivity index (χ0v) is 10.2. The molecule has 0 radical (unpaired) electrons. The third kappa shape index (κ3) is 2.59. The van der Waals surface area contributed by atoms with E-state index in [0.717, 1.165) is 22.8 Å². The number of aryl methyl sites for hydroxylation is 1. The van der Waals surface area contributed by atoms with Crippen molar-refractivity contribution in [1.29, 1.82) is 0 Å². The summed E-state index contributed by atoms with van der Waals surface area (Å²) in [7, 11) is 0. The fourth-order valence-corrected chi connectivity index (χ4v) is 3.07. The molecule has 0 bridgehead atoms. The molecule has 0 fully saturated rings. The minimum Gasteiger partial charge on any atom is -0.258 e. The number of halogens is 1. The first-order valence-electron chi connectivity index (χ1n) is 4.49. The van der Waals surface area contributed by atoms with Crippen LogP contribution < -0.4 is 0 Å². The van der Waals surface area contributed by atoms with E-state index in [1.807, 2.05) is 0 Å². The molecule has 0 aliphatic heterocycles. The van der Waals surface area contributed by atoms with E-state index < -0.39 is 16.4 Å². The van der Waals surface area contributed by atoms with E-state index in [1.165, 1.54) is 23.5 Å². The topological polar surface area (TPSA) is 68.9 Å². The summed E-state index contributed by atoms with van der Waals surface area (Å²) >= 11 is 2.35. The van der Waals surface area contributed by atoms with E-state index >= 15 is 0 Å². The molecule has 0 aliphatic rings. The highest BCUT2D eigenvalue weighted by Crippen LogP contribution is 2.37. The molecular formula is C9H6FN3O2S2. The van der Waals surface area contributed by atoms with Crippen molar-refractivity contribution in [3.8, 4) is 0 Å². The molecule has 0 atom stereocenters. The molecule has 17 heavy (non-hydrogen) atoms. The fourth-order valence-electron chi connectivity index (χ4n) is 1.17. The minimum atomic E-state index is -0.846. The van der Waals surface area contributed by atoms with Gasteiger partial charge in [-0.1, -0.05) is 17.4 Å². The monoisotopic (exact) mass is 271 g/mol. The lowest BCUT2D eigenvalue weighted by atomic mass is 10.3. The van der Waals surface area contributed by atoms with Crippen LogP contribution in [0.4, 0.5) is 10.1 Å². The number of nitro groups is 1. The molecule has 0 amide bonds. The van der Waals surface area contributed by atoms with E-state index in [0.29, 0.717) is 4.34 Å². The van der Waals surface area contributed by atoms with Gasteiger partial charge in [-0.25, -0.2) is 0 Å². The molecule has 2 rings (SSSR count). The van der Waals surface area contributed by atoms with E-state index in [-0.39, 0.29) is 4.90 Å². The second kappa shape index (κ2) is 4.76. The Morgan fingerprint density at radius 2 is 2.24 bits per heavy atom. The van der Waals surface area contributed by atoms with Crippen LogP contribution in [-0.4, -0.2) is 15.1 Å². The number of benzene rings is 1. The van der Waals surface area contributed by atoms with E-state index in [4.69, 9.17) is 0 Å². The Morgan fingerprint density at radius 1 is 1.47 bits per heavy atom. The molecule has 2 aromatic rings. The second-order valence-corrected chi connectivity index (χ2v) is 5.50. The number of hydrogen-bond donors (Lipinski definition) is 0. The molecule has 0 N–H and O–H groups in total. The van der Waals surface area contributed by atoms with Gasteiger partial charge in [0.1, 0.15) is 5.01 Å². The molecule has 1 heterocycles. The number of hydrogen-bond acceptors (Lipinski definition) is 6. The van der Waals surface area contributed by atoms with Gasteiger partial charge in [0.05, 0.1) is 9.82 Å². The Bertz CT molecular complexity index is 573. The Labute approximate surface area is 104 Å². The average molecular weight is 271 g/mol. The second-order valence-electron chi connectivity index (χ2n) is 3.03. The number of aromatic nitrogens is 2. The maximum Gasteiger partial charge on any atom is 0.318 e. The van der Waals surface area contributed by atoms with Crippen LogP contribution in [0.3, 0.4) is 0 Å². The predicted molar refractivity (Wildman–Crippen MR) is 61.8 cm³/mol. The smallest absolute Gasteiger partial charge is 0.258 e. The van der Waals surface area contributed by atoms with Crippen molar-refractivity contribution in [2.75, 3.05) is 0 Å². The van der Waals surface area contributed by atoms with Gasteiger partial charge in [-0.05, 0) is 30.8 Å². The number of nitrogens with zero attached hydrogens (tertiary/aromatic N) is 3. The number of nitro benzene ring substituents is 1. The summed E-state index contributed by atoms with van der Waals surface area (Å²) in [5.74, 6) is -0.846. The third-order valence-corrected chi connectivity index (χ3v) is 3.78. The van der Waals surface area contributed by atoms with Gasteiger partial charge in [-0.3, -0.25) is 10.1 Å². The van der Waals surface area contributed by atoms with Crippen LogP contribution in [0.25, 0.3) is 0 Å². The van der Waals surface area contributed by atoms with Gasteiger partial charge >= 0.3 is 5.69 Å². The summed E-state index contributed by atoms with van der Waals surface area (Å²) in [6.45, 7) is 1.78. The molecule has 1 aromatic carbocycles. The first kappa shape index (κ1) is 11.9. The lowest BCUT2D eigenvalue weighted by Gasteiger charge is -2.00. The average Bonchev–Trinajstić information content (AvgIpc) is 2.63. The highest BCUT2D eigenvalue weighted by Gasteiger charge is 2.21. The lowest BCUT2D eigenvalue weighted by molar-refractivity contribution is -0.390. The van der Waals surface area contributed by atoms with Crippen molar-refractivity contribution in [1.82, 2.24) is 10.2 Å². The molecule has 5 nitrogen and oxygen atoms in total. The Hall–Kier alpha value is -1.54. The molecule has 0 aliphatic carbocycles. The fraction of sp³-hybridized carbons (Fsp3) is 0.111. The molecular weight excluding hydrogens is 265 g/mol. The molecule has 0 saturated heterocycles. The Kier molecular flexibility index (Phi) is 3.34. The largest absolute Gasteiger partial charge is 0.318 e. The van der Waals surface area contributed by atoms with Crippen molar-refractivity contribution >= 4 is 28.8 Å². The first-order valence-corrected chi connectivity index (χ1v) is 6.12. The lowest BCUT2D eigenvalue weighted by Crippen LogP contribution is -1.94. The van der Waals surface area contributed by atoms with Crippen molar-refractivity contribution in [3.63, 3.8) is 0 Å². The molecule has 88 valence electrons. The van der Waals surface area contributed by atoms with Crippen LogP contribution in [0.5, 0.6) is 0 Å². The SMILES string of the molecule is Cc1nnc(Sc2cccc(F)c2[N+](=O)[O-])s1. The minimum absolute atomic E-state index is 0.228. The van der Waals surface area contributed by atoms with Gasteiger partial charge in [0.15, 0.2) is 4.34 Å². The van der Waals surface area contributed by atoms with E-state index in [2.05, 4.69) is 10.2 Å². The maximum atomic E-state index is 13.3. The Balaban J connectivity index is 2.39. The normalized spacial score (nSPS) is 10.5. The zero-order valence-electron chi connectivity index (χ0n) is 8.58. The highest BCUT2D eigenvalue weighted by atomic mass is 32.2. The summed E-state index contributed by atoms with van der Waals surface area (Å²) < 4.78 is 13.9. The summed E-state index contributed by atoms with van der Waals surface area (Å²) in [6, 6.07) is 3.98. The Morgan fingerprint density at radius 3 is 2.82 bits per heavy atom. The third-order valence-electron chi connectivity index (χ3n) is 1.84. The van der Waals surface area contributed by atoms with Crippen molar-refractivity contribution in [2.45, 2.75) is 16.2 Å². The highest BCUT2D eigenvalue weighted by molar-refractivity contribution is 8.01.